The number of carbonyl (C=O) groups excluding carboxylic acids is 1. The number of hydrogen-bond donors (Lipinski definition) is 1. The molecule has 1 aromatic carbocycles. The van der Waals surface area contributed by atoms with Gasteiger partial charge in [0.15, 0.2) is 0 Å². The summed E-state index contributed by atoms with van der Waals surface area (Å²) in [6, 6.07) is 5.15. The van der Waals surface area contributed by atoms with Crippen LogP contribution < -0.4 is 5.32 Å². The van der Waals surface area contributed by atoms with Crippen molar-refractivity contribution < 1.29 is 13.0 Å². The van der Waals surface area contributed by atoms with Gasteiger partial charge in [-0.15, -0.1) is 0 Å². The van der Waals surface area contributed by atoms with Crippen LogP contribution in [0.4, 0.5) is 5.95 Å². The molecule has 1 amide bonds. The molecule has 0 atom stereocenters. The minimum absolute atomic E-state index is 0.189. The second kappa shape index (κ2) is 7.67. The Labute approximate surface area is 173 Å². The Morgan fingerprint density at radius 1 is 1.21 bits per heavy atom. The molecule has 1 fully saturated rings. The molecule has 0 spiro atoms. The standard InChI is InChI=1S/C21H26N6O/c1-26(2)18-8-6-14(7-9-18)20(28)25-21-22-11-16-5-4-15(10-19(16)24-21)17-12-23-27(3)13-17/h4-5,10-14,18H,6-9H2,1-3H3,(H,22,24,25,28)/i1D3,2D3. The van der Waals surface area contributed by atoms with Gasteiger partial charge in [0.1, 0.15) is 0 Å². The minimum atomic E-state index is -2.72. The molecule has 0 unspecified atom stereocenters. The predicted molar refractivity (Wildman–Crippen MR) is 110 cm³/mol. The van der Waals surface area contributed by atoms with Crippen LogP contribution in [-0.4, -0.2) is 50.5 Å². The summed E-state index contributed by atoms with van der Waals surface area (Å²) >= 11 is 0. The highest BCUT2D eigenvalue weighted by atomic mass is 16.2. The van der Waals surface area contributed by atoms with Gasteiger partial charge in [0.2, 0.25) is 11.9 Å². The lowest BCUT2D eigenvalue weighted by Gasteiger charge is -2.31. The summed E-state index contributed by atoms with van der Waals surface area (Å²) in [5.41, 5.74) is 2.58. The maximum Gasteiger partial charge on any atom is 0.229 e. The third kappa shape index (κ3) is 3.89. The second-order valence-electron chi connectivity index (χ2n) is 7.23. The molecule has 0 radical (unpaired) electrons. The van der Waals surface area contributed by atoms with Gasteiger partial charge < -0.3 is 4.90 Å². The van der Waals surface area contributed by atoms with Crippen molar-refractivity contribution in [3.63, 3.8) is 0 Å². The smallest absolute Gasteiger partial charge is 0.229 e. The van der Waals surface area contributed by atoms with Crippen LogP contribution in [0.3, 0.4) is 0 Å². The van der Waals surface area contributed by atoms with Crippen LogP contribution in [0.2, 0.25) is 0 Å². The van der Waals surface area contributed by atoms with E-state index in [0.29, 0.717) is 36.1 Å². The van der Waals surface area contributed by atoms with Gasteiger partial charge in [-0.1, -0.05) is 12.1 Å². The third-order valence-electron chi connectivity index (χ3n) is 5.29. The summed E-state index contributed by atoms with van der Waals surface area (Å²) in [4.78, 5) is 22.2. The molecular formula is C21H26N6O. The van der Waals surface area contributed by atoms with Crippen molar-refractivity contribution in [1.29, 1.82) is 0 Å². The van der Waals surface area contributed by atoms with E-state index in [9.17, 15) is 4.79 Å². The zero-order chi connectivity index (χ0) is 24.7. The lowest BCUT2D eigenvalue weighted by Crippen LogP contribution is -2.35. The summed E-state index contributed by atoms with van der Waals surface area (Å²) in [6.07, 6.45) is 6.70. The predicted octanol–water partition coefficient (Wildman–Crippen LogP) is 3.09. The molecule has 1 saturated carbocycles. The largest absolute Gasteiger partial charge is 0.306 e. The Morgan fingerprint density at radius 2 is 2.04 bits per heavy atom. The number of aromatic nitrogens is 4. The summed E-state index contributed by atoms with van der Waals surface area (Å²) < 4.78 is 47.3. The van der Waals surface area contributed by atoms with Crippen molar-refractivity contribution in [2.45, 2.75) is 31.7 Å². The van der Waals surface area contributed by atoms with Gasteiger partial charge in [-0.2, -0.15) is 5.10 Å². The molecule has 0 bridgehead atoms. The number of anilines is 1. The molecule has 0 aliphatic heterocycles. The first kappa shape index (κ1) is 12.6. The van der Waals surface area contributed by atoms with Crippen LogP contribution >= 0.6 is 0 Å². The number of fused-ring (bicyclic) bond motifs is 1. The van der Waals surface area contributed by atoms with Gasteiger partial charge in [0.05, 0.1) is 11.7 Å². The first-order valence-electron chi connectivity index (χ1n) is 12.3. The lowest BCUT2D eigenvalue weighted by atomic mass is 9.85. The Kier molecular flexibility index (Phi) is 3.46. The van der Waals surface area contributed by atoms with Gasteiger partial charge >= 0.3 is 0 Å². The first-order chi connectivity index (χ1) is 15.9. The summed E-state index contributed by atoms with van der Waals surface area (Å²) in [5.74, 6) is -0.433. The third-order valence-corrected chi connectivity index (χ3v) is 5.29. The van der Waals surface area contributed by atoms with E-state index in [2.05, 4.69) is 20.4 Å². The lowest BCUT2D eigenvalue weighted by molar-refractivity contribution is -0.121. The number of amides is 1. The molecule has 7 nitrogen and oxygen atoms in total. The van der Waals surface area contributed by atoms with Gasteiger partial charge in [-0.3, -0.25) is 14.8 Å². The molecule has 2 aromatic heterocycles. The van der Waals surface area contributed by atoms with Gasteiger partial charge in [-0.25, -0.2) is 9.97 Å². The van der Waals surface area contributed by atoms with Crippen LogP contribution in [0.15, 0.2) is 36.8 Å². The molecule has 3 aromatic rings. The van der Waals surface area contributed by atoms with Crippen LogP contribution in [-0.2, 0) is 11.8 Å². The van der Waals surface area contributed by atoms with Crippen molar-refractivity contribution in [3.05, 3.63) is 36.8 Å². The number of rotatable bonds is 4. The zero-order valence-corrected chi connectivity index (χ0v) is 15.6. The highest BCUT2D eigenvalue weighted by molar-refractivity contribution is 5.92. The van der Waals surface area contributed by atoms with Crippen molar-refractivity contribution in [2.75, 3.05) is 19.3 Å². The molecule has 2 heterocycles. The van der Waals surface area contributed by atoms with E-state index < -0.39 is 20.0 Å². The summed E-state index contributed by atoms with van der Waals surface area (Å²) in [5, 5.41) is 7.78. The van der Waals surface area contributed by atoms with Crippen LogP contribution in [0.1, 0.15) is 33.9 Å². The van der Waals surface area contributed by atoms with Crippen molar-refractivity contribution in [1.82, 2.24) is 24.6 Å². The Bertz CT molecular complexity index is 1170. The molecular weight excluding hydrogens is 352 g/mol. The highest BCUT2D eigenvalue weighted by Gasteiger charge is 2.27. The first-order valence-corrected chi connectivity index (χ1v) is 9.28. The molecule has 146 valence electrons. The number of benzene rings is 1. The van der Waals surface area contributed by atoms with E-state index >= 15 is 0 Å². The Hall–Kier alpha value is -2.80. The molecule has 0 saturated heterocycles. The normalized spacial score (nSPS) is 23.9. The fourth-order valence-corrected chi connectivity index (χ4v) is 3.64. The Balaban J connectivity index is 1.43. The minimum Gasteiger partial charge on any atom is -0.306 e. The molecule has 1 N–H and O–H groups in total. The summed E-state index contributed by atoms with van der Waals surface area (Å²) in [7, 11) is 1.84. The van der Waals surface area contributed by atoms with E-state index in [1.165, 1.54) is 0 Å². The monoisotopic (exact) mass is 384 g/mol. The topological polar surface area (TPSA) is 75.9 Å². The number of aryl methyl sites for hydroxylation is 1. The van der Waals surface area contributed by atoms with Gasteiger partial charge in [0.25, 0.3) is 0 Å². The molecule has 4 rings (SSSR count). The van der Waals surface area contributed by atoms with Gasteiger partial charge in [-0.05, 0) is 51.3 Å². The zero-order valence-electron chi connectivity index (χ0n) is 21.6. The number of hydrogen-bond acceptors (Lipinski definition) is 5. The van der Waals surface area contributed by atoms with Gasteiger partial charge in [0, 0.05) is 50.6 Å². The molecule has 1 aliphatic rings. The van der Waals surface area contributed by atoms with Crippen molar-refractivity contribution >= 4 is 22.8 Å². The highest BCUT2D eigenvalue weighted by Crippen LogP contribution is 2.28. The molecule has 1 aliphatic carbocycles. The van der Waals surface area contributed by atoms with E-state index in [4.69, 9.17) is 8.22 Å². The fraction of sp³-hybridized carbons (Fsp3) is 0.429. The van der Waals surface area contributed by atoms with E-state index in [1.807, 2.05) is 31.4 Å². The fourth-order valence-electron chi connectivity index (χ4n) is 3.64. The van der Waals surface area contributed by atoms with E-state index in [1.54, 1.807) is 17.1 Å². The van der Waals surface area contributed by atoms with Crippen LogP contribution in [0, 0.1) is 5.92 Å². The molecule has 7 heteroatoms. The average Bonchev–Trinajstić information content (AvgIpc) is 3.18. The number of nitrogens with zero attached hydrogens (tertiary/aromatic N) is 5. The summed E-state index contributed by atoms with van der Waals surface area (Å²) in [6.45, 7) is -5.45. The molecule has 28 heavy (non-hydrogen) atoms. The maximum absolute atomic E-state index is 12.8. The maximum atomic E-state index is 12.8. The Morgan fingerprint density at radius 3 is 2.75 bits per heavy atom. The average molecular weight is 385 g/mol. The quantitative estimate of drug-likeness (QED) is 0.748. The number of nitrogens with one attached hydrogen (secondary N) is 1. The van der Waals surface area contributed by atoms with Crippen molar-refractivity contribution in [3.8, 4) is 11.1 Å². The second-order valence-corrected chi connectivity index (χ2v) is 7.23. The number of carbonyl (C=O) groups is 1. The van der Waals surface area contributed by atoms with E-state index in [0.717, 1.165) is 16.5 Å². The van der Waals surface area contributed by atoms with E-state index in [-0.39, 0.29) is 17.8 Å². The van der Waals surface area contributed by atoms with Crippen LogP contribution in [0.5, 0.6) is 0 Å². The SMILES string of the molecule is [2H]C([2H])([2H])N(C1CCC(C(=O)Nc2ncc3ccc(-c4cnn(C)c4)cc3n2)CC1)C([2H])([2H])[2H]. The van der Waals surface area contributed by atoms with Crippen LogP contribution in [0.25, 0.3) is 22.0 Å². The van der Waals surface area contributed by atoms with Crippen molar-refractivity contribution in [2.24, 2.45) is 13.0 Å².